The van der Waals surface area contributed by atoms with E-state index in [2.05, 4.69) is 115 Å². The Labute approximate surface area is 292 Å². The molecule has 0 fully saturated rings. The van der Waals surface area contributed by atoms with Crippen LogP contribution in [0.25, 0.3) is 71.7 Å². The summed E-state index contributed by atoms with van der Waals surface area (Å²) in [6, 6.07) is 40.0. The fraction of sp³-hybridized carbons (Fsp3) is 0.0909. The number of hydrogen-bond acceptors (Lipinski definition) is 5. The van der Waals surface area contributed by atoms with Crippen molar-refractivity contribution in [3.05, 3.63) is 151 Å². The Morgan fingerprint density at radius 3 is 1.60 bits per heavy atom. The molecule has 1 unspecified atom stereocenters. The van der Waals surface area contributed by atoms with Crippen LogP contribution in [-0.2, 0) is 0 Å². The van der Waals surface area contributed by atoms with Crippen molar-refractivity contribution in [1.82, 2.24) is 9.97 Å². The molecule has 1 atom stereocenters. The van der Waals surface area contributed by atoms with Crippen molar-refractivity contribution >= 4 is 29.6 Å². The smallest absolute Gasteiger partial charge is 0.173 e. The van der Waals surface area contributed by atoms with E-state index in [1.54, 1.807) is 0 Å². The first-order valence-electron chi connectivity index (χ1n) is 16.9. The highest BCUT2D eigenvalue weighted by molar-refractivity contribution is 7.57. The molecule has 0 amide bonds. The summed E-state index contributed by atoms with van der Waals surface area (Å²) >= 11 is 0. The van der Waals surface area contributed by atoms with Crippen molar-refractivity contribution in [2.75, 3.05) is 0 Å². The molecule has 8 aromatic rings. The highest BCUT2D eigenvalue weighted by Crippen LogP contribution is 2.58. The molecule has 0 N–H and O–H groups in total. The second kappa shape index (κ2) is 13.2. The summed E-state index contributed by atoms with van der Waals surface area (Å²) in [5, 5.41) is 1.98. The molecule has 0 saturated carbocycles. The van der Waals surface area contributed by atoms with Crippen LogP contribution in [0, 0.1) is 13.8 Å². The van der Waals surface area contributed by atoms with Crippen LogP contribution < -0.4 is 4.74 Å². The van der Waals surface area contributed by atoms with Crippen LogP contribution in [0.3, 0.4) is 0 Å². The van der Waals surface area contributed by atoms with Gasteiger partial charge >= 0.3 is 0 Å². The van der Waals surface area contributed by atoms with E-state index < -0.39 is 7.77 Å². The molecule has 6 heteroatoms. The van der Waals surface area contributed by atoms with E-state index in [9.17, 15) is 0 Å². The maximum Gasteiger partial charge on any atom is 0.173 e. The number of rotatable bonds is 4. The quantitative estimate of drug-likeness (QED) is 0.186. The molecule has 50 heavy (non-hydrogen) atoms. The summed E-state index contributed by atoms with van der Waals surface area (Å²) in [6.07, 6.45) is 7.55. The molecule has 1 aliphatic rings. The topological polar surface area (TPSA) is 61.3 Å². The first-order chi connectivity index (χ1) is 24.6. The predicted molar refractivity (Wildman–Crippen MR) is 206 cm³/mol. The average Bonchev–Trinajstić information content (AvgIpc) is 3.33. The maximum atomic E-state index is 6.84. The van der Waals surface area contributed by atoms with E-state index in [4.69, 9.17) is 13.4 Å². The molecule has 0 bridgehead atoms. The minimum absolute atomic E-state index is 0.687. The van der Waals surface area contributed by atoms with E-state index in [0.29, 0.717) is 11.2 Å². The van der Waals surface area contributed by atoms with Gasteiger partial charge in [-0.05, 0) is 107 Å². The van der Waals surface area contributed by atoms with Gasteiger partial charge in [0.25, 0.3) is 0 Å². The zero-order valence-corrected chi connectivity index (χ0v) is 29.2. The largest absolute Gasteiger partial charge is 0.455 e. The number of hydrogen-bond donors (Lipinski definition) is 0. The van der Waals surface area contributed by atoms with Crippen LogP contribution in [0.5, 0.6) is 11.5 Å². The van der Waals surface area contributed by atoms with Crippen molar-refractivity contribution < 1.29 is 13.4 Å². The van der Waals surface area contributed by atoms with Gasteiger partial charge < -0.3 is 13.4 Å². The third-order valence-electron chi connectivity index (χ3n) is 8.77. The van der Waals surface area contributed by atoms with Crippen LogP contribution in [0.15, 0.2) is 149 Å². The highest BCUT2D eigenvalue weighted by atomic mass is 31.1. The SMILES string of the molecule is CC.Cc1cncc(-c2ccc(-c3ccc4c(c3)Oc3cccc5oc6cc(-c7ccc(-c8cncc(C)c8)cc7)ccc6op-4c35)cc2)c1. The number of aryl methyl sites for hydroxylation is 2. The Hall–Kier alpha value is -5.90. The van der Waals surface area contributed by atoms with E-state index in [1.165, 1.54) is 0 Å². The highest BCUT2D eigenvalue weighted by Gasteiger charge is 2.24. The Bertz CT molecular complexity index is 2560. The van der Waals surface area contributed by atoms with Crippen LogP contribution in [0.1, 0.15) is 25.0 Å². The van der Waals surface area contributed by atoms with Crippen molar-refractivity contribution in [3.8, 4) is 61.3 Å². The molecule has 1 aliphatic heterocycles. The van der Waals surface area contributed by atoms with Gasteiger partial charge in [0.15, 0.2) is 11.2 Å². The molecule has 5 aromatic carbocycles. The third-order valence-corrected chi connectivity index (χ3v) is 10.8. The van der Waals surface area contributed by atoms with Crippen molar-refractivity contribution in [3.63, 3.8) is 0 Å². The fourth-order valence-electron chi connectivity index (χ4n) is 6.34. The van der Waals surface area contributed by atoms with Crippen LogP contribution in [-0.4, -0.2) is 9.97 Å². The molecular formula is C44H35N2O3P. The Morgan fingerprint density at radius 2 is 1.00 bits per heavy atom. The maximum absolute atomic E-state index is 6.84. The monoisotopic (exact) mass is 670 g/mol. The Kier molecular flexibility index (Phi) is 8.28. The molecule has 0 radical (unpaired) electrons. The summed E-state index contributed by atoms with van der Waals surface area (Å²) < 4.78 is 20.0. The molecule has 4 heterocycles. The molecule has 0 spiro atoms. The van der Waals surface area contributed by atoms with Gasteiger partial charge in [0.2, 0.25) is 0 Å². The second-order valence-electron chi connectivity index (χ2n) is 12.2. The lowest BCUT2D eigenvalue weighted by Gasteiger charge is -2.19. The van der Waals surface area contributed by atoms with Gasteiger partial charge in [-0.25, -0.2) is 0 Å². The molecule has 9 rings (SSSR count). The molecule has 5 nitrogen and oxygen atoms in total. The number of nitrogens with zero attached hydrogens (tertiary/aromatic N) is 2. The number of ether oxygens (including phenoxy) is 1. The summed E-state index contributed by atoms with van der Waals surface area (Å²) in [7, 11) is -1.23. The number of benzene rings is 5. The zero-order chi connectivity index (χ0) is 34.2. The van der Waals surface area contributed by atoms with Gasteiger partial charge in [-0.15, -0.1) is 0 Å². The number of aromatic nitrogens is 2. The molecule has 3 aromatic heterocycles. The van der Waals surface area contributed by atoms with Gasteiger partial charge in [0.05, 0.1) is 13.1 Å². The van der Waals surface area contributed by atoms with Crippen LogP contribution in [0.2, 0.25) is 0 Å². The lowest BCUT2D eigenvalue weighted by molar-refractivity contribution is 0.489. The van der Waals surface area contributed by atoms with Gasteiger partial charge in [-0.3, -0.25) is 9.97 Å². The average molecular weight is 671 g/mol. The minimum atomic E-state index is -1.23. The zero-order valence-electron chi connectivity index (χ0n) is 28.3. The van der Waals surface area contributed by atoms with E-state index in [1.807, 2.05) is 62.9 Å². The summed E-state index contributed by atoms with van der Waals surface area (Å²) in [6.45, 7) is 8.12. The van der Waals surface area contributed by atoms with Crippen molar-refractivity contribution in [2.24, 2.45) is 0 Å². The van der Waals surface area contributed by atoms with Gasteiger partial charge in [-0.2, -0.15) is 0 Å². The molecule has 244 valence electrons. The Balaban J connectivity index is 0.00000177. The third kappa shape index (κ3) is 5.87. The van der Waals surface area contributed by atoms with E-state index in [-0.39, 0.29) is 0 Å². The number of pyridine rings is 2. The van der Waals surface area contributed by atoms with Gasteiger partial charge in [0.1, 0.15) is 22.2 Å². The van der Waals surface area contributed by atoms with E-state index >= 15 is 0 Å². The normalized spacial score (nSPS) is 11.7. The minimum Gasteiger partial charge on any atom is -0.455 e. The van der Waals surface area contributed by atoms with Crippen LogP contribution in [0.4, 0.5) is 0 Å². The lowest BCUT2D eigenvalue weighted by atomic mass is 10.0. The number of fused-ring (bicyclic) bond motifs is 3. The summed E-state index contributed by atoms with van der Waals surface area (Å²) in [5.41, 5.74) is 13.3. The molecule has 0 saturated heterocycles. The van der Waals surface area contributed by atoms with E-state index in [0.717, 1.165) is 83.1 Å². The summed E-state index contributed by atoms with van der Waals surface area (Å²) in [4.78, 5) is 8.70. The van der Waals surface area contributed by atoms with Crippen LogP contribution >= 0.6 is 7.77 Å². The Morgan fingerprint density at radius 1 is 0.460 bits per heavy atom. The molecule has 0 aliphatic carbocycles. The second-order valence-corrected chi connectivity index (χ2v) is 13.9. The first kappa shape index (κ1) is 31.4. The predicted octanol–water partition coefficient (Wildman–Crippen LogP) is 13.5. The first-order valence-corrected chi connectivity index (χ1v) is 18.1. The fourth-order valence-corrected chi connectivity index (χ4v) is 8.28. The summed E-state index contributed by atoms with van der Waals surface area (Å²) in [5.74, 6) is 1.57. The van der Waals surface area contributed by atoms with Crippen molar-refractivity contribution in [1.29, 1.82) is 0 Å². The van der Waals surface area contributed by atoms with Crippen molar-refractivity contribution in [2.45, 2.75) is 27.7 Å². The standard InChI is InChI=1S/C42H29N2O3P.C2H6/c1-26-18-34(24-43-22-26)30-10-6-28(7-11-30)32-14-16-36-39(20-32)45-37-4-3-5-38-42(37)48(47-36)41-17-15-33(21-40(41)46-38)29-8-12-31(13-9-29)35-19-27(2)23-44-25-35;1-2/h3-25H,1-2H3;1-2H3. The van der Waals surface area contributed by atoms with Gasteiger partial charge in [-0.1, -0.05) is 80.6 Å². The lowest BCUT2D eigenvalue weighted by Crippen LogP contribution is -1.92. The van der Waals surface area contributed by atoms with Gasteiger partial charge in [0, 0.05) is 35.9 Å². The molecular weight excluding hydrogens is 635 g/mol.